The fourth-order valence-corrected chi connectivity index (χ4v) is 3.07. The molecule has 0 aliphatic carbocycles. The lowest BCUT2D eigenvalue weighted by atomic mass is 9.83. The molecule has 2 nitrogen and oxygen atoms in total. The molecule has 0 aromatic heterocycles. The van der Waals surface area contributed by atoms with Gasteiger partial charge in [0.05, 0.1) is 6.61 Å². The molecular formula is C19H14F10O2. The van der Waals surface area contributed by atoms with Crippen LogP contribution in [0.2, 0.25) is 0 Å². The highest BCUT2D eigenvalue weighted by Crippen LogP contribution is 2.56. The van der Waals surface area contributed by atoms with Crippen LogP contribution < -0.4 is 4.74 Å². The van der Waals surface area contributed by atoms with Crippen LogP contribution in [-0.2, 0) is 17.0 Å². The van der Waals surface area contributed by atoms with Gasteiger partial charge in [0.15, 0.2) is 0 Å². The highest BCUT2D eigenvalue weighted by atomic mass is 19.4. The summed E-state index contributed by atoms with van der Waals surface area (Å²) in [5.41, 5.74) is -10.3. The van der Waals surface area contributed by atoms with E-state index in [2.05, 4.69) is 4.74 Å². The summed E-state index contributed by atoms with van der Waals surface area (Å²) in [6, 6.07) is 4.93. The molecule has 0 spiro atoms. The van der Waals surface area contributed by atoms with Gasteiger partial charge in [-0.3, -0.25) is 0 Å². The van der Waals surface area contributed by atoms with Gasteiger partial charge in [-0.1, -0.05) is 35.9 Å². The maximum atomic E-state index is 15.0. The number of benzene rings is 2. The quantitative estimate of drug-likeness (QED) is 0.444. The number of halogens is 10. The number of hydrogen-bond donors (Lipinski definition) is 0. The smallest absolute Gasteiger partial charge is 0.405 e. The lowest BCUT2D eigenvalue weighted by Crippen LogP contribution is -2.50. The highest BCUT2D eigenvalue weighted by molar-refractivity contribution is 5.78. The molecule has 2 aromatic carbocycles. The molecule has 0 N–H and O–H groups in total. The zero-order valence-corrected chi connectivity index (χ0v) is 15.8. The molecule has 0 radical (unpaired) electrons. The van der Waals surface area contributed by atoms with E-state index < -0.39 is 59.0 Å². The second kappa shape index (κ2) is 8.21. The fraction of sp³-hybridized carbons (Fsp3) is 0.368. The first-order valence-electron chi connectivity index (χ1n) is 8.33. The second-order valence-corrected chi connectivity index (χ2v) is 6.48. The lowest BCUT2D eigenvalue weighted by Gasteiger charge is -2.33. The van der Waals surface area contributed by atoms with Crippen LogP contribution in [0.15, 0.2) is 36.4 Å². The van der Waals surface area contributed by atoms with E-state index >= 15 is 4.39 Å². The average Bonchev–Trinajstić information content (AvgIpc) is 2.58. The molecule has 0 unspecified atom stereocenters. The molecule has 0 saturated heterocycles. The maximum Gasteiger partial charge on any atom is 0.573 e. The van der Waals surface area contributed by atoms with Crippen LogP contribution in [0.3, 0.4) is 0 Å². The number of hydrogen-bond acceptors (Lipinski definition) is 2. The first-order valence-corrected chi connectivity index (χ1v) is 8.33. The lowest BCUT2D eigenvalue weighted by molar-refractivity contribution is -0.348. The van der Waals surface area contributed by atoms with Gasteiger partial charge in [0, 0.05) is 18.2 Å². The Morgan fingerprint density at radius 3 is 1.84 bits per heavy atom. The molecular weight excluding hydrogens is 450 g/mol. The van der Waals surface area contributed by atoms with E-state index in [-0.39, 0.29) is 5.56 Å². The Morgan fingerprint density at radius 1 is 0.806 bits per heavy atom. The zero-order chi connectivity index (χ0) is 23.8. The van der Waals surface area contributed by atoms with Gasteiger partial charge in [-0.05, 0) is 24.1 Å². The number of para-hydroxylation sites is 1. The van der Waals surface area contributed by atoms with Crippen LogP contribution in [0.4, 0.5) is 43.9 Å². The monoisotopic (exact) mass is 464 g/mol. The first kappa shape index (κ1) is 24.8. The second-order valence-electron chi connectivity index (χ2n) is 6.48. The largest absolute Gasteiger partial charge is 0.573 e. The van der Waals surface area contributed by atoms with Crippen molar-refractivity contribution < 1.29 is 53.4 Å². The van der Waals surface area contributed by atoms with E-state index in [0.29, 0.717) is 12.1 Å². The molecule has 31 heavy (non-hydrogen) atoms. The van der Waals surface area contributed by atoms with Crippen LogP contribution in [-0.4, -0.2) is 25.8 Å². The van der Waals surface area contributed by atoms with E-state index in [1.54, 1.807) is 0 Å². The summed E-state index contributed by atoms with van der Waals surface area (Å²) in [5, 5.41) is 0. The number of ether oxygens (including phenoxy) is 2. The van der Waals surface area contributed by atoms with E-state index in [1.165, 1.54) is 0 Å². The van der Waals surface area contributed by atoms with Crippen molar-refractivity contribution in [1.29, 1.82) is 0 Å². The van der Waals surface area contributed by atoms with Gasteiger partial charge in [-0.2, -0.15) is 26.3 Å². The third kappa shape index (κ3) is 4.89. The van der Waals surface area contributed by atoms with Crippen molar-refractivity contribution in [2.24, 2.45) is 0 Å². The number of aryl methyl sites for hydroxylation is 1. The van der Waals surface area contributed by atoms with Crippen molar-refractivity contribution in [1.82, 2.24) is 0 Å². The van der Waals surface area contributed by atoms with Crippen molar-refractivity contribution in [3.63, 3.8) is 0 Å². The standard InChI is InChI=1S/C19H14F10O2/c1-10-7-11(9-30-2)15(12-5-3-4-6-14(12)31-19(27,28)29)13(8-10)16(20,17(21,22)23)18(24,25)26/h3-8H,9H2,1-2H3. The van der Waals surface area contributed by atoms with Gasteiger partial charge in [0.2, 0.25) is 0 Å². The van der Waals surface area contributed by atoms with Crippen molar-refractivity contribution in [3.8, 4) is 16.9 Å². The molecule has 0 bridgehead atoms. The van der Waals surface area contributed by atoms with Gasteiger partial charge in [0.1, 0.15) is 5.75 Å². The van der Waals surface area contributed by atoms with Gasteiger partial charge in [0.25, 0.3) is 0 Å². The Balaban J connectivity index is 3.02. The molecule has 0 aliphatic heterocycles. The van der Waals surface area contributed by atoms with Crippen LogP contribution >= 0.6 is 0 Å². The molecule has 0 heterocycles. The van der Waals surface area contributed by atoms with Crippen molar-refractivity contribution >= 4 is 0 Å². The number of rotatable bonds is 5. The predicted octanol–water partition coefficient (Wildman–Crippen LogP) is 7.00. The van der Waals surface area contributed by atoms with Gasteiger partial charge in [-0.15, -0.1) is 13.2 Å². The van der Waals surface area contributed by atoms with E-state index in [9.17, 15) is 39.5 Å². The summed E-state index contributed by atoms with van der Waals surface area (Å²) in [4.78, 5) is 0. The first-order chi connectivity index (χ1) is 14.0. The number of methoxy groups -OCH3 is 1. The van der Waals surface area contributed by atoms with Gasteiger partial charge < -0.3 is 9.47 Å². The summed E-state index contributed by atoms with van der Waals surface area (Å²) < 4.78 is 143. The summed E-state index contributed by atoms with van der Waals surface area (Å²) >= 11 is 0. The topological polar surface area (TPSA) is 18.5 Å². The van der Waals surface area contributed by atoms with Crippen molar-refractivity contribution in [2.45, 2.75) is 37.9 Å². The minimum absolute atomic E-state index is 0.199. The van der Waals surface area contributed by atoms with E-state index in [0.717, 1.165) is 38.3 Å². The van der Waals surface area contributed by atoms with E-state index in [4.69, 9.17) is 4.74 Å². The van der Waals surface area contributed by atoms with E-state index in [1.807, 2.05) is 0 Å². The third-order valence-electron chi connectivity index (χ3n) is 4.20. The maximum absolute atomic E-state index is 15.0. The average molecular weight is 464 g/mol. The molecule has 0 fully saturated rings. The van der Waals surface area contributed by atoms with Gasteiger partial charge >= 0.3 is 24.4 Å². The molecule has 2 aromatic rings. The normalized spacial score (nSPS) is 13.4. The number of alkyl halides is 10. The Bertz CT molecular complexity index is 915. The zero-order valence-electron chi connectivity index (χ0n) is 15.8. The predicted molar refractivity (Wildman–Crippen MR) is 88.9 cm³/mol. The van der Waals surface area contributed by atoms with Crippen LogP contribution in [0.25, 0.3) is 11.1 Å². The summed E-state index contributed by atoms with van der Waals surface area (Å²) in [7, 11) is 1.06. The van der Waals surface area contributed by atoms with Crippen LogP contribution in [0.1, 0.15) is 16.7 Å². The minimum Gasteiger partial charge on any atom is -0.405 e. The molecule has 0 amide bonds. The molecule has 0 aliphatic rings. The van der Waals surface area contributed by atoms with Crippen LogP contribution in [0.5, 0.6) is 5.75 Å². The molecule has 172 valence electrons. The molecule has 0 saturated carbocycles. The van der Waals surface area contributed by atoms with Crippen molar-refractivity contribution in [3.05, 3.63) is 53.1 Å². The molecule has 2 rings (SSSR count). The van der Waals surface area contributed by atoms with Crippen molar-refractivity contribution in [2.75, 3.05) is 7.11 Å². The minimum atomic E-state index is -6.47. The van der Waals surface area contributed by atoms with Gasteiger partial charge in [-0.25, -0.2) is 4.39 Å². The Kier molecular flexibility index (Phi) is 6.56. The van der Waals surface area contributed by atoms with Crippen LogP contribution in [0, 0.1) is 6.92 Å². The Hall–Kier alpha value is -2.50. The summed E-state index contributed by atoms with van der Waals surface area (Å²) in [5.74, 6) is -1.11. The fourth-order valence-electron chi connectivity index (χ4n) is 3.07. The molecule has 12 heteroatoms. The highest BCUT2D eigenvalue weighted by Gasteiger charge is 2.74. The summed E-state index contributed by atoms with van der Waals surface area (Å²) in [6.45, 7) is 0.494. The summed E-state index contributed by atoms with van der Waals surface area (Å²) in [6.07, 6.45) is -18.3. The Morgan fingerprint density at radius 2 is 1.35 bits per heavy atom. The Labute approximate surface area is 169 Å². The SMILES string of the molecule is COCc1cc(C)cc(C(F)(C(F)(F)F)C(F)(F)F)c1-c1ccccc1OC(F)(F)F. The molecule has 0 atom stereocenters. The third-order valence-corrected chi connectivity index (χ3v) is 4.20.